The molecule has 0 aliphatic heterocycles. The molecule has 0 fully saturated rings. The van der Waals surface area contributed by atoms with E-state index in [1.165, 1.54) is 0 Å². The van der Waals surface area contributed by atoms with Crippen LogP contribution in [0.3, 0.4) is 0 Å². The van der Waals surface area contributed by atoms with Crippen molar-refractivity contribution < 1.29 is 27.7 Å². The van der Waals surface area contributed by atoms with Gasteiger partial charge in [-0.3, -0.25) is 9.05 Å². The highest BCUT2D eigenvalue weighted by Crippen LogP contribution is 2.53. The number of benzene rings is 4. The lowest BCUT2D eigenvalue weighted by atomic mass is 9.96. The Hall–Kier alpha value is -3.70. The summed E-state index contributed by atoms with van der Waals surface area (Å²) in [6.07, 6.45) is 0. The Labute approximate surface area is 230 Å². The number of rotatable bonds is 12. The van der Waals surface area contributed by atoms with E-state index in [1.54, 1.807) is 6.92 Å². The summed E-state index contributed by atoms with van der Waals surface area (Å²) in [5, 5.41) is 0. The molecule has 0 spiro atoms. The van der Waals surface area contributed by atoms with Crippen LogP contribution in [0.25, 0.3) is 0 Å². The van der Waals surface area contributed by atoms with Crippen molar-refractivity contribution in [1.29, 1.82) is 0 Å². The van der Waals surface area contributed by atoms with Gasteiger partial charge in [-0.25, -0.2) is 9.36 Å². The Morgan fingerprint density at radius 2 is 1.15 bits per heavy atom. The lowest BCUT2D eigenvalue weighted by Crippen LogP contribution is -2.13. The van der Waals surface area contributed by atoms with E-state index in [0.717, 1.165) is 16.7 Å². The molecule has 0 amide bonds. The van der Waals surface area contributed by atoms with Crippen molar-refractivity contribution in [3.8, 4) is 5.75 Å². The molecule has 4 aromatic carbocycles. The second-order valence-electron chi connectivity index (χ2n) is 9.45. The second-order valence-corrected chi connectivity index (χ2v) is 11.0. The molecular weight excluding hydrogens is 511 g/mol. The first kappa shape index (κ1) is 28.3. The number of aryl methyl sites for hydroxylation is 1. The highest BCUT2D eigenvalue weighted by molar-refractivity contribution is 7.48. The van der Waals surface area contributed by atoms with Crippen molar-refractivity contribution in [3.05, 3.63) is 137 Å². The third kappa shape index (κ3) is 7.90. The SMILES string of the molecule is Cc1ccc(C(C)C)c(OP(=O)(OCc2ccccc2)OCc2ccccc2)c1C(=O)OCc1ccccc1. The first-order valence-electron chi connectivity index (χ1n) is 12.9. The molecule has 0 atom stereocenters. The number of carbonyl (C=O) groups excluding carboxylic acids is 1. The minimum Gasteiger partial charge on any atom is -0.457 e. The molecule has 0 unspecified atom stereocenters. The number of phosphoric acid groups is 1. The van der Waals surface area contributed by atoms with Gasteiger partial charge in [-0.1, -0.05) is 117 Å². The largest absolute Gasteiger partial charge is 0.530 e. The zero-order chi connectivity index (χ0) is 27.7. The van der Waals surface area contributed by atoms with Crippen LogP contribution in [0.5, 0.6) is 5.75 Å². The number of hydrogen-bond acceptors (Lipinski definition) is 6. The molecule has 7 heteroatoms. The zero-order valence-corrected chi connectivity index (χ0v) is 23.3. The molecule has 0 aromatic heterocycles. The van der Waals surface area contributed by atoms with Crippen LogP contribution < -0.4 is 4.52 Å². The van der Waals surface area contributed by atoms with E-state index in [2.05, 4.69) is 0 Å². The third-order valence-electron chi connectivity index (χ3n) is 6.10. The Kier molecular flexibility index (Phi) is 9.72. The van der Waals surface area contributed by atoms with E-state index in [1.807, 2.05) is 117 Å². The number of carbonyl (C=O) groups is 1. The summed E-state index contributed by atoms with van der Waals surface area (Å²) in [6, 6.07) is 31.8. The predicted molar refractivity (Wildman–Crippen MR) is 152 cm³/mol. The first-order valence-corrected chi connectivity index (χ1v) is 14.3. The molecule has 0 bridgehead atoms. The molecule has 0 N–H and O–H groups in total. The van der Waals surface area contributed by atoms with E-state index < -0.39 is 13.8 Å². The first-order chi connectivity index (χ1) is 18.8. The van der Waals surface area contributed by atoms with Crippen LogP contribution >= 0.6 is 7.82 Å². The van der Waals surface area contributed by atoms with Gasteiger partial charge in [0, 0.05) is 0 Å². The smallest absolute Gasteiger partial charge is 0.457 e. The molecular formula is C32H33O6P. The van der Waals surface area contributed by atoms with E-state index in [9.17, 15) is 9.36 Å². The summed E-state index contributed by atoms with van der Waals surface area (Å²) in [5.41, 5.74) is 3.99. The Morgan fingerprint density at radius 1 is 0.692 bits per heavy atom. The van der Waals surface area contributed by atoms with Crippen LogP contribution in [0.1, 0.15) is 57.9 Å². The minimum absolute atomic E-state index is 0.00349. The van der Waals surface area contributed by atoms with Gasteiger partial charge < -0.3 is 9.26 Å². The Bertz CT molecular complexity index is 1360. The number of hydrogen-bond donors (Lipinski definition) is 0. The molecule has 6 nitrogen and oxygen atoms in total. The van der Waals surface area contributed by atoms with Gasteiger partial charge in [0.2, 0.25) is 0 Å². The number of phosphoric ester groups is 1. The zero-order valence-electron chi connectivity index (χ0n) is 22.4. The van der Waals surface area contributed by atoms with Crippen molar-refractivity contribution in [2.75, 3.05) is 0 Å². The van der Waals surface area contributed by atoms with Gasteiger partial charge in [0.1, 0.15) is 17.9 Å². The molecule has 0 saturated heterocycles. The Morgan fingerprint density at radius 3 is 1.62 bits per heavy atom. The fourth-order valence-corrected chi connectivity index (χ4v) is 5.17. The maximum Gasteiger partial charge on any atom is 0.530 e. The van der Waals surface area contributed by atoms with Gasteiger partial charge >= 0.3 is 13.8 Å². The molecule has 0 heterocycles. The number of esters is 1. The fraction of sp³-hybridized carbons (Fsp3) is 0.219. The lowest BCUT2D eigenvalue weighted by Gasteiger charge is -2.24. The Balaban J connectivity index is 1.66. The molecule has 4 rings (SSSR count). The van der Waals surface area contributed by atoms with Crippen LogP contribution in [0.2, 0.25) is 0 Å². The summed E-state index contributed by atoms with van der Waals surface area (Å²) in [4.78, 5) is 13.4. The predicted octanol–water partition coefficient (Wildman–Crippen LogP) is 8.40. The van der Waals surface area contributed by atoms with Crippen LogP contribution in [0.15, 0.2) is 103 Å². The van der Waals surface area contributed by atoms with Gasteiger partial charge in [0.05, 0.1) is 13.2 Å². The summed E-state index contributed by atoms with van der Waals surface area (Å²) in [6.45, 7) is 5.83. The summed E-state index contributed by atoms with van der Waals surface area (Å²) < 4.78 is 37.6. The van der Waals surface area contributed by atoms with Gasteiger partial charge in [-0.2, -0.15) is 0 Å². The standard InChI is InChI=1S/C32H33O6P/c1-24(2)29-20-19-25(3)30(32(33)35-21-26-13-7-4-8-14-26)31(29)38-39(34,36-22-27-15-9-5-10-16-27)37-23-28-17-11-6-12-18-28/h4-20,24H,21-23H2,1-3H3. The van der Waals surface area contributed by atoms with E-state index >= 15 is 0 Å². The van der Waals surface area contributed by atoms with E-state index in [4.69, 9.17) is 18.3 Å². The summed E-state index contributed by atoms with van der Waals surface area (Å²) in [5.74, 6) is -0.475. The third-order valence-corrected chi connectivity index (χ3v) is 7.40. The average Bonchev–Trinajstić information content (AvgIpc) is 2.95. The summed E-state index contributed by atoms with van der Waals surface area (Å²) in [7, 11) is -4.21. The average molecular weight is 545 g/mol. The van der Waals surface area contributed by atoms with E-state index in [-0.39, 0.29) is 37.1 Å². The van der Waals surface area contributed by atoms with Gasteiger partial charge in [0.15, 0.2) is 0 Å². The molecule has 39 heavy (non-hydrogen) atoms. The van der Waals surface area contributed by atoms with Gasteiger partial charge in [0.25, 0.3) is 0 Å². The van der Waals surface area contributed by atoms with Crippen molar-refractivity contribution in [1.82, 2.24) is 0 Å². The molecule has 202 valence electrons. The topological polar surface area (TPSA) is 71.1 Å². The minimum atomic E-state index is -4.21. The van der Waals surface area contributed by atoms with Gasteiger partial charge in [-0.15, -0.1) is 0 Å². The van der Waals surface area contributed by atoms with E-state index in [0.29, 0.717) is 11.1 Å². The van der Waals surface area contributed by atoms with Gasteiger partial charge in [-0.05, 0) is 40.7 Å². The highest BCUT2D eigenvalue weighted by Gasteiger charge is 2.34. The molecule has 0 aliphatic carbocycles. The summed E-state index contributed by atoms with van der Waals surface area (Å²) >= 11 is 0. The molecule has 0 aliphatic rings. The number of ether oxygens (including phenoxy) is 1. The normalized spacial score (nSPS) is 11.4. The van der Waals surface area contributed by atoms with Crippen molar-refractivity contribution >= 4 is 13.8 Å². The van der Waals surface area contributed by atoms with Crippen LogP contribution in [0, 0.1) is 6.92 Å². The van der Waals surface area contributed by atoms with Crippen molar-refractivity contribution in [2.45, 2.75) is 46.5 Å². The monoisotopic (exact) mass is 544 g/mol. The maximum absolute atomic E-state index is 14.2. The molecule has 4 aromatic rings. The van der Waals surface area contributed by atoms with Crippen molar-refractivity contribution in [3.63, 3.8) is 0 Å². The van der Waals surface area contributed by atoms with Crippen LogP contribution in [-0.4, -0.2) is 5.97 Å². The lowest BCUT2D eigenvalue weighted by molar-refractivity contribution is 0.0468. The fourth-order valence-electron chi connectivity index (χ4n) is 3.96. The van der Waals surface area contributed by atoms with Crippen LogP contribution in [-0.2, 0) is 38.2 Å². The second kappa shape index (κ2) is 13.4. The molecule has 0 saturated carbocycles. The highest BCUT2D eigenvalue weighted by atomic mass is 31.2. The molecule has 0 radical (unpaired) electrons. The quantitative estimate of drug-likeness (QED) is 0.132. The van der Waals surface area contributed by atoms with Crippen molar-refractivity contribution in [2.24, 2.45) is 0 Å². The van der Waals surface area contributed by atoms with Crippen LogP contribution in [0.4, 0.5) is 0 Å². The maximum atomic E-state index is 14.2.